The standard InChI is InChI=1S/C16H25ClN2O/c1-16(2,3)10-13(17)11-18-15(20)12-6-8-14(9-7-12)19(4)5/h6-9,13H,10-11H2,1-5H3,(H,18,20). The lowest BCUT2D eigenvalue weighted by molar-refractivity contribution is 0.0952. The predicted molar refractivity (Wildman–Crippen MR) is 86.8 cm³/mol. The fourth-order valence-electron chi connectivity index (χ4n) is 1.95. The molecular formula is C16H25ClN2O. The highest BCUT2D eigenvalue weighted by atomic mass is 35.5. The van der Waals surface area contributed by atoms with Gasteiger partial charge in [0.1, 0.15) is 0 Å². The molecule has 0 aliphatic heterocycles. The quantitative estimate of drug-likeness (QED) is 0.843. The fourth-order valence-corrected chi connectivity index (χ4v) is 2.49. The molecule has 1 aromatic carbocycles. The molecule has 0 saturated heterocycles. The number of nitrogens with one attached hydrogen (secondary N) is 1. The number of benzene rings is 1. The second kappa shape index (κ2) is 6.98. The van der Waals surface area contributed by atoms with Crippen LogP contribution in [0.5, 0.6) is 0 Å². The molecule has 1 rings (SSSR count). The van der Waals surface area contributed by atoms with Crippen LogP contribution in [0, 0.1) is 5.41 Å². The maximum Gasteiger partial charge on any atom is 0.251 e. The van der Waals surface area contributed by atoms with E-state index in [1.807, 2.05) is 43.3 Å². The molecule has 1 unspecified atom stereocenters. The maximum absolute atomic E-state index is 12.0. The number of amides is 1. The summed E-state index contributed by atoms with van der Waals surface area (Å²) >= 11 is 6.24. The lowest BCUT2D eigenvalue weighted by atomic mass is 9.90. The molecule has 0 aromatic heterocycles. The first-order valence-electron chi connectivity index (χ1n) is 6.89. The van der Waals surface area contributed by atoms with E-state index in [9.17, 15) is 4.79 Å². The van der Waals surface area contributed by atoms with Crippen molar-refractivity contribution in [2.24, 2.45) is 5.41 Å². The number of hydrogen-bond acceptors (Lipinski definition) is 2. The summed E-state index contributed by atoms with van der Waals surface area (Å²) in [6.07, 6.45) is 0.869. The van der Waals surface area contributed by atoms with Crippen molar-refractivity contribution >= 4 is 23.2 Å². The highest BCUT2D eigenvalue weighted by Gasteiger charge is 2.17. The maximum atomic E-state index is 12.0. The molecule has 0 radical (unpaired) electrons. The molecule has 1 N–H and O–H groups in total. The second-order valence-corrected chi connectivity index (χ2v) is 7.13. The van der Waals surface area contributed by atoms with Gasteiger partial charge in [0.05, 0.1) is 5.38 Å². The molecule has 20 heavy (non-hydrogen) atoms. The van der Waals surface area contributed by atoms with Gasteiger partial charge in [0, 0.05) is 31.9 Å². The van der Waals surface area contributed by atoms with Crippen LogP contribution >= 0.6 is 11.6 Å². The van der Waals surface area contributed by atoms with Gasteiger partial charge in [-0.15, -0.1) is 11.6 Å². The first-order chi connectivity index (χ1) is 9.19. The number of rotatable bonds is 5. The average molecular weight is 297 g/mol. The summed E-state index contributed by atoms with van der Waals surface area (Å²) in [5.41, 5.74) is 1.91. The van der Waals surface area contributed by atoms with E-state index in [-0.39, 0.29) is 16.7 Å². The van der Waals surface area contributed by atoms with Crippen molar-refractivity contribution in [1.82, 2.24) is 5.32 Å². The highest BCUT2D eigenvalue weighted by molar-refractivity contribution is 6.21. The minimum Gasteiger partial charge on any atom is -0.378 e. The predicted octanol–water partition coefficient (Wildman–Crippen LogP) is 3.53. The Bertz CT molecular complexity index is 435. The third-order valence-electron chi connectivity index (χ3n) is 2.96. The van der Waals surface area contributed by atoms with E-state index in [0.717, 1.165) is 12.1 Å². The molecule has 112 valence electrons. The number of carbonyl (C=O) groups excluding carboxylic acids is 1. The Hall–Kier alpha value is -1.22. The molecular weight excluding hydrogens is 272 g/mol. The molecule has 4 heteroatoms. The third-order valence-corrected chi connectivity index (χ3v) is 3.27. The summed E-state index contributed by atoms with van der Waals surface area (Å²) in [4.78, 5) is 14.0. The van der Waals surface area contributed by atoms with Gasteiger partial charge < -0.3 is 10.2 Å². The summed E-state index contributed by atoms with van der Waals surface area (Å²) in [7, 11) is 3.94. The van der Waals surface area contributed by atoms with Crippen LogP contribution in [0.2, 0.25) is 0 Å². The van der Waals surface area contributed by atoms with Crippen LogP contribution in [0.3, 0.4) is 0 Å². The van der Waals surface area contributed by atoms with E-state index < -0.39 is 0 Å². The molecule has 3 nitrogen and oxygen atoms in total. The monoisotopic (exact) mass is 296 g/mol. The van der Waals surface area contributed by atoms with E-state index in [0.29, 0.717) is 12.1 Å². The number of halogens is 1. The molecule has 1 amide bonds. The van der Waals surface area contributed by atoms with Gasteiger partial charge in [0.25, 0.3) is 5.91 Å². The highest BCUT2D eigenvalue weighted by Crippen LogP contribution is 2.23. The van der Waals surface area contributed by atoms with Crippen LogP contribution < -0.4 is 10.2 Å². The Labute approximate surface area is 127 Å². The third kappa shape index (κ3) is 5.83. The summed E-state index contributed by atoms with van der Waals surface area (Å²) in [6, 6.07) is 7.53. The SMILES string of the molecule is CN(C)c1ccc(C(=O)NCC(Cl)CC(C)(C)C)cc1. The zero-order valence-electron chi connectivity index (χ0n) is 13.0. The van der Waals surface area contributed by atoms with E-state index in [1.54, 1.807) is 0 Å². The van der Waals surface area contributed by atoms with Gasteiger partial charge in [-0.25, -0.2) is 0 Å². The lowest BCUT2D eigenvalue weighted by Crippen LogP contribution is -2.31. The zero-order valence-corrected chi connectivity index (χ0v) is 13.8. The number of anilines is 1. The lowest BCUT2D eigenvalue weighted by Gasteiger charge is -2.22. The average Bonchev–Trinajstić information content (AvgIpc) is 2.34. The van der Waals surface area contributed by atoms with Crippen molar-refractivity contribution < 1.29 is 4.79 Å². The van der Waals surface area contributed by atoms with Crippen molar-refractivity contribution in [3.05, 3.63) is 29.8 Å². The van der Waals surface area contributed by atoms with Crippen molar-refractivity contribution in [2.75, 3.05) is 25.5 Å². The topological polar surface area (TPSA) is 32.3 Å². The smallest absolute Gasteiger partial charge is 0.251 e. The Morgan fingerprint density at radius 3 is 2.25 bits per heavy atom. The van der Waals surface area contributed by atoms with Crippen LogP contribution in [0.1, 0.15) is 37.6 Å². The molecule has 0 bridgehead atoms. The molecule has 0 saturated carbocycles. The van der Waals surface area contributed by atoms with Gasteiger partial charge in [0.2, 0.25) is 0 Å². The minimum atomic E-state index is -0.0742. The largest absolute Gasteiger partial charge is 0.378 e. The van der Waals surface area contributed by atoms with Crippen molar-refractivity contribution in [3.8, 4) is 0 Å². The fraction of sp³-hybridized carbons (Fsp3) is 0.562. The summed E-state index contributed by atoms with van der Waals surface area (Å²) in [5, 5.41) is 2.84. The molecule has 1 atom stereocenters. The number of nitrogens with zero attached hydrogens (tertiary/aromatic N) is 1. The first kappa shape index (κ1) is 16.8. The molecule has 0 aliphatic rings. The summed E-state index contributed by atoms with van der Waals surface area (Å²) < 4.78 is 0. The molecule has 0 spiro atoms. The van der Waals surface area contributed by atoms with Gasteiger partial charge in [-0.2, -0.15) is 0 Å². The minimum absolute atomic E-state index is 0.0417. The summed E-state index contributed by atoms with van der Waals surface area (Å²) in [6.45, 7) is 6.92. The second-order valence-electron chi connectivity index (χ2n) is 6.51. The Morgan fingerprint density at radius 1 is 1.25 bits per heavy atom. The van der Waals surface area contributed by atoms with Crippen LogP contribution in [0.25, 0.3) is 0 Å². The number of carbonyl (C=O) groups is 1. The Kier molecular flexibility index (Phi) is 5.88. The van der Waals surface area contributed by atoms with Gasteiger partial charge >= 0.3 is 0 Å². The van der Waals surface area contributed by atoms with Crippen molar-refractivity contribution in [1.29, 1.82) is 0 Å². The van der Waals surface area contributed by atoms with Crippen molar-refractivity contribution in [3.63, 3.8) is 0 Å². The van der Waals surface area contributed by atoms with Gasteiger partial charge in [-0.1, -0.05) is 20.8 Å². The number of hydrogen-bond donors (Lipinski definition) is 1. The van der Waals surface area contributed by atoms with Crippen molar-refractivity contribution in [2.45, 2.75) is 32.6 Å². The van der Waals surface area contributed by atoms with E-state index in [4.69, 9.17) is 11.6 Å². The van der Waals surface area contributed by atoms with Crippen LogP contribution in [-0.2, 0) is 0 Å². The Morgan fingerprint density at radius 2 is 1.80 bits per heavy atom. The van der Waals surface area contributed by atoms with Crippen LogP contribution in [0.15, 0.2) is 24.3 Å². The van der Waals surface area contributed by atoms with E-state index in [2.05, 4.69) is 26.1 Å². The first-order valence-corrected chi connectivity index (χ1v) is 7.32. The molecule has 0 fully saturated rings. The Balaban J connectivity index is 2.50. The molecule has 0 heterocycles. The molecule has 1 aromatic rings. The normalized spacial score (nSPS) is 12.9. The van der Waals surface area contributed by atoms with E-state index >= 15 is 0 Å². The van der Waals surface area contributed by atoms with E-state index in [1.165, 1.54) is 0 Å². The van der Waals surface area contributed by atoms with Crippen LogP contribution in [0.4, 0.5) is 5.69 Å². The van der Waals surface area contributed by atoms with Gasteiger partial charge in [0.15, 0.2) is 0 Å². The van der Waals surface area contributed by atoms with Gasteiger partial charge in [-0.05, 0) is 36.1 Å². The molecule has 0 aliphatic carbocycles. The number of alkyl halides is 1. The van der Waals surface area contributed by atoms with Crippen LogP contribution in [-0.4, -0.2) is 31.9 Å². The van der Waals surface area contributed by atoms with Gasteiger partial charge in [-0.3, -0.25) is 4.79 Å². The summed E-state index contributed by atoms with van der Waals surface area (Å²) in [5.74, 6) is -0.0742. The zero-order chi connectivity index (χ0) is 15.3.